The van der Waals surface area contributed by atoms with Gasteiger partial charge in [0.1, 0.15) is 11.6 Å². The number of nitrogens with two attached hydrogens (primary N) is 1. The number of sulfonamides is 1. The molecule has 2 aromatic heterocycles. The third-order valence-corrected chi connectivity index (χ3v) is 8.96. The van der Waals surface area contributed by atoms with Crippen molar-refractivity contribution in [3.63, 3.8) is 0 Å². The van der Waals surface area contributed by atoms with E-state index in [1.54, 1.807) is 18.3 Å². The van der Waals surface area contributed by atoms with Crippen molar-refractivity contribution in [3.8, 4) is 11.1 Å². The summed E-state index contributed by atoms with van der Waals surface area (Å²) in [5.74, 6) is 0.905. The molecule has 1 saturated heterocycles. The van der Waals surface area contributed by atoms with Crippen LogP contribution in [0, 0.1) is 0 Å². The van der Waals surface area contributed by atoms with Gasteiger partial charge in [0.15, 0.2) is 0 Å². The summed E-state index contributed by atoms with van der Waals surface area (Å²) in [6.07, 6.45) is -1.12. The van der Waals surface area contributed by atoms with Crippen LogP contribution in [-0.2, 0) is 16.2 Å². The third-order valence-electron chi connectivity index (χ3n) is 7.08. The highest BCUT2D eigenvalue weighted by Gasteiger charge is 2.35. The molecular weight excluding hydrogens is 533 g/mol. The Bertz CT molecular complexity index is 1400. The van der Waals surface area contributed by atoms with Crippen molar-refractivity contribution in [2.75, 3.05) is 23.7 Å². The first kappa shape index (κ1) is 27.3. The molecule has 1 saturated carbocycles. The number of nitrogens with zero attached hydrogens (tertiary/aromatic N) is 3. The van der Waals surface area contributed by atoms with Crippen LogP contribution < -0.4 is 16.4 Å². The van der Waals surface area contributed by atoms with Gasteiger partial charge in [-0.1, -0.05) is 12.1 Å². The Morgan fingerprint density at radius 3 is 2.33 bits per heavy atom. The van der Waals surface area contributed by atoms with Crippen LogP contribution in [0.4, 0.5) is 24.8 Å². The number of aliphatic hydroxyl groups excluding tert-OH is 1. The Balaban J connectivity index is 1.21. The zero-order chi connectivity index (χ0) is 27.8. The maximum absolute atomic E-state index is 13.3. The van der Waals surface area contributed by atoms with Crippen molar-refractivity contribution in [2.24, 2.45) is 5.73 Å². The molecule has 2 aliphatic rings. The standard InChI is InChI=1S/C26H29F3N6O3S/c27-26(28,29)18-3-6-24(32-14-18)34-22-8-10-35(15-23(22)36)39(37,38)21-4-1-16(2-5-21)17-7-9-31-25(11-17)33-20-12-19(30)13-20/h1-7,9,11,14,19-20,22-23,36H,8,10,12-13,15,30H2,(H,31,33)(H,32,34)/t19?,20?,22-,23+/m1/s1. The Morgan fingerprint density at radius 1 is 0.974 bits per heavy atom. The molecular formula is C26H29F3N6O3S. The number of hydrogen-bond donors (Lipinski definition) is 4. The number of rotatable bonds is 7. The molecule has 0 bridgehead atoms. The van der Waals surface area contributed by atoms with Crippen LogP contribution in [0.5, 0.6) is 0 Å². The molecule has 0 unspecified atom stereocenters. The summed E-state index contributed by atoms with van der Waals surface area (Å²) >= 11 is 0. The lowest BCUT2D eigenvalue weighted by Crippen LogP contribution is -2.51. The van der Waals surface area contributed by atoms with E-state index in [1.807, 2.05) is 12.1 Å². The summed E-state index contributed by atoms with van der Waals surface area (Å²) in [7, 11) is -3.87. The minimum absolute atomic E-state index is 0.102. The monoisotopic (exact) mass is 562 g/mol. The van der Waals surface area contributed by atoms with Crippen LogP contribution in [0.15, 0.2) is 65.8 Å². The van der Waals surface area contributed by atoms with Gasteiger partial charge < -0.3 is 21.5 Å². The number of alkyl halides is 3. The van der Waals surface area contributed by atoms with Crippen LogP contribution in [0.2, 0.25) is 0 Å². The quantitative estimate of drug-likeness (QED) is 0.345. The lowest BCUT2D eigenvalue weighted by atomic mass is 9.87. The van der Waals surface area contributed by atoms with E-state index in [9.17, 15) is 26.7 Å². The molecule has 39 heavy (non-hydrogen) atoms. The molecule has 3 heterocycles. The molecule has 0 spiro atoms. The second-order valence-corrected chi connectivity index (χ2v) is 11.9. The number of aliphatic hydroxyl groups is 1. The van der Waals surface area contributed by atoms with E-state index >= 15 is 0 Å². The normalized spacial score (nSPS) is 24.1. The zero-order valence-electron chi connectivity index (χ0n) is 20.8. The minimum Gasteiger partial charge on any atom is -0.390 e. The van der Waals surface area contributed by atoms with Gasteiger partial charge in [-0.15, -0.1) is 0 Å². The van der Waals surface area contributed by atoms with Crippen LogP contribution in [-0.4, -0.2) is 65.1 Å². The second kappa shape index (κ2) is 10.7. The molecule has 5 N–H and O–H groups in total. The molecule has 208 valence electrons. The van der Waals surface area contributed by atoms with Gasteiger partial charge in [0, 0.05) is 37.6 Å². The molecule has 2 fully saturated rings. The molecule has 5 rings (SSSR count). The highest BCUT2D eigenvalue weighted by Crippen LogP contribution is 2.30. The van der Waals surface area contributed by atoms with Crippen molar-refractivity contribution >= 4 is 21.7 Å². The average Bonchev–Trinajstić information content (AvgIpc) is 2.89. The molecule has 3 aromatic rings. The predicted molar refractivity (Wildman–Crippen MR) is 140 cm³/mol. The SMILES string of the molecule is NC1CC(Nc2cc(-c3ccc(S(=O)(=O)N4CC[C@@H](Nc5ccc(C(F)(F)F)cn5)[C@@H](O)C4)cc3)ccn2)C1. The van der Waals surface area contributed by atoms with E-state index < -0.39 is 33.9 Å². The van der Waals surface area contributed by atoms with Crippen molar-refractivity contribution in [1.82, 2.24) is 14.3 Å². The van der Waals surface area contributed by atoms with E-state index in [2.05, 4.69) is 20.6 Å². The van der Waals surface area contributed by atoms with E-state index in [4.69, 9.17) is 5.73 Å². The van der Waals surface area contributed by atoms with Crippen LogP contribution in [0.25, 0.3) is 11.1 Å². The predicted octanol–water partition coefficient (Wildman–Crippen LogP) is 3.30. The summed E-state index contributed by atoms with van der Waals surface area (Å²) in [5.41, 5.74) is 6.69. The number of hydrogen-bond acceptors (Lipinski definition) is 8. The van der Waals surface area contributed by atoms with Crippen LogP contribution in [0.3, 0.4) is 0 Å². The Hall–Kier alpha value is -3.26. The van der Waals surface area contributed by atoms with E-state index in [1.165, 1.54) is 22.5 Å². The van der Waals surface area contributed by atoms with Gasteiger partial charge in [-0.2, -0.15) is 17.5 Å². The number of piperidine rings is 1. The zero-order valence-corrected chi connectivity index (χ0v) is 21.7. The van der Waals surface area contributed by atoms with Crippen LogP contribution in [0.1, 0.15) is 24.8 Å². The molecule has 1 aliphatic carbocycles. The number of β-amino-alcohol motifs (C(OH)–C–C–N with tert-alkyl or cyclic N) is 1. The van der Waals surface area contributed by atoms with E-state index in [0.29, 0.717) is 12.2 Å². The van der Waals surface area contributed by atoms with Gasteiger partial charge in [0.25, 0.3) is 0 Å². The third kappa shape index (κ3) is 6.16. The Morgan fingerprint density at radius 2 is 1.72 bits per heavy atom. The lowest BCUT2D eigenvalue weighted by Gasteiger charge is -2.35. The number of pyridine rings is 2. The van der Waals surface area contributed by atoms with Crippen molar-refractivity contribution in [3.05, 3.63) is 66.5 Å². The molecule has 1 aromatic carbocycles. The second-order valence-electron chi connectivity index (χ2n) is 9.93. The van der Waals surface area contributed by atoms with Gasteiger partial charge in [-0.3, -0.25) is 0 Å². The Kier molecular flexibility index (Phi) is 7.51. The molecule has 13 heteroatoms. The van der Waals surface area contributed by atoms with E-state index in [0.717, 1.165) is 35.9 Å². The largest absolute Gasteiger partial charge is 0.417 e. The summed E-state index contributed by atoms with van der Waals surface area (Å²) in [5, 5.41) is 16.9. The molecule has 2 atom stereocenters. The summed E-state index contributed by atoms with van der Waals surface area (Å²) in [4.78, 5) is 8.22. The minimum atomic E-state index is -4.49. The van der Waals surface area contributed by atoms with Gasteiger partial charge in [-0.05, 0) is 66.8 Å². The molecule has 1 aliphatic heterocycles. The van der Waals surface area contributed by atoms with Crippen molar-refractivity contribution < 1.29 is 26.7 Å². The maximum Gasteiger partial charge on any atom is 0.417 e. The number of halogens is 3. The number of anilines is 2. The number of nitrogens with one attached hydrogen (secondary N) is 2. The van der Waals surface area contributed by atoms with Gasteiger partial charge in [0.2, 0.25) is 10.0 Å². The average molecular weight is 563 g/mol. The molecule has 0 amide bonds. The van der Waals surface area contributed by atoms with Gasteiger partial charge in [-0.25, -0.2) is 18.4 Å². The van der Waals surface area contributed by atoms with Gasteiger partial charge >= 0.3 is 6.18 Å². The number of aromatic nitrogens is 2. The lowest BCUT2D eigenvalue weighted by molar-refractivity contribution is -0.137. The fourth-order valence-corrected chi connectivity index (χ4v) is 6.25. The Labute approximate surface area is 224 Å². The van der Waals surface area contributed by atoms with E-state index in [-0.39, 0.29) is 36.3 Å². The number of benzene rings is 1. The van der Waals surface area contributed by atoms with Gasteiger partial charge in [0.05, 0.1) is 22.6 Å². The van der Waals surface area contributed by atoms with Crippen molar-refractivity contribution in [1.29, 1.82) is 0 Å². The fourth-order valence-electron chi connectivity index (χ4n) is 4.77. The highest BCUT2D eigenvalue weighted by molar-refractivity contribution is 7.89. The summed E-state index contributed by atoms with van der Waals surface area (Å²) < 4.78 is 66.0. The summed E-state index contributed by atoms with van der Waals surface area (Å²) in [6, 6.07) is 12.3. The molecule has 0 radical (unpaired) electrons. The first-order chi connectivity index (χ1) is 18.5. The first-order valence-electron chi connectivity index (χ1n) is 12.6. The topological polar surface area (TPSA) is 133 Å². The van der Waals surface area contributed by atoms with Crippen LogP contribution >= 0.6 is 0 Å². The van der Waals surface area contributed by atoms with Crippen molar-refractivity contribution in [2.45, 2.75) is 54.6 Å². The maximum atomic E-state index is 13.3. The smallest absolute Gasteiger partial charge is 0.390 e. The fraction of sp³-hybridized carbons (Fsp3) is 0.385. The molecule has 9 nitrogen and oxygen atoms in total. The highest BCUT2D eigenvalue weighted by atomic mass is 32.2. The summed E-state index contributed by atoms with van der Waals surface area (Å²) in [6.45, 7) is -0.0315. The first-order valence-corrected chi connectivity index (χ1v) is 14.0.